The van der Waals surface area contributed by atoms with E-state index in [1.807, 2.05) is 12.1 Å². The molecular formula is C15H19NO5. The molecule has 0 saturated heterocycles. The third kappa shape index (κ3) is 5.56. The van der Waals surface area contributed by atoms with Gasteiger partial charge in [0.25, 0.3) is 5.91 Å². The first-order valence-corrected chi connectivity index (χ1v) is 6.37. The zero-order valence-corrected chi connectivity index (χ0v) is 12.2. The SMILES string of the molecule is C=CCc1ccc(OCC(=O)OCC(=O)NC)c(OC)c1. The van der Waals surface area contributed by atoms with Crippen molar-refractivity contribution >= 4 is 11.9 Å². The van der Waals surface area contributed by atoms with Gasteiger partial charge in [-0.15, -0.1) is 6.58 Å². The second-order valence-corrected chi connectivity index (χ2v) is 4.10. The minimum Gasteiger partial charge on any atom is -0.493 e. The van der Waals surface area contributed by atoms with Crippen LogP contribution in [-0.4, -0.2) is 39.2 Å². The van der Waals surface area contributed by atoms with Crippen molar-refractivity contribution < 1.29 is 23.8 Å². The van der Waals surface area contributed by atoms with Crippen molar-refractivity contribution in [2.45, 2.75) is 6.42 Å². The quantitative estimate of drug-likeness (QED) is 0.574. The molecule has 0 aliphatic rings. The summed E-state index contributed by atoms with van der Waals surface area (Å²) in [5, 5.41) is 2.35. The zero-order chi connectivity index (χ0) is 15.7. The van der Waals surface area contributed by atoms with E-state index in [4.69, 9.17) is 14.2 Å². The third-order valence-electron chi connectivity index (χ3n) is 2.60. The summed E-state index contributed by atoms with van der Waals surface area (Å²) >= 11 is 0. The van der Waals surface area contributed by atoms with Gasteiger partial charge in [-0.2, -0.15) is 0 Å². The van der Waals surface area contributed by atoms with Gasteiger partial charge in [-0.1, -0.05) is 12.1 Å². The summed E-state index contributed by atoms with van der Waals surface area (Å²) < 4.78 is 15.3. The van der Waals surface area contributed by atoms with Gasteiger partial charge in [-0.25, -0.2) is 4.79 Å². The molecule has 0 bridgehead atoms. The van der Waals surface area contributed by atoms with Crippen LogP contribution in [-0.2, 0) is 20.7 Å². The van der Waals surface area contributed by atoms with E-state index >= 15 is 0 Å². The van der Waals surface area contributed by atoms with Crippen LogP contribution in [0.3, 0.4) is 0 Å². The van der Waals surface area contributed by atoms with Crippen molar-refractivity contribution in [2.24, 2.45) is 0 Å². The fourth-order valence-corrected chi connectivity index (χ4v) is 1.52. The fraction of sp³-hybridized carbons (Fsp3) is 0.333. The number of nitrogens with one attached hydrogen (secondary N) is 1. The standard InChI is InChI=1S/C15H19NO5/c1-4-5-11-6-7-12(13(8-11)19-3)20-10-15(18)21-9-14(17)16-2/h4,6-8H,1,5,9-10H2,2-3H3,(H,16,17). The first-order valence-electron chi connectivity index (χ1n) is 6.37. The van der Waals surface area contributed by atoms with Gasteiger partial charge in [0.1, 0.15) is 0 Å². The van der Waals surface area contributed by atoms with Crippen molar-refractivity contribution in [1.82, 2.24) is 5.32 Å². The van der Waals surface area contributed by atoms with Gasteiger partial charge in [0.15, 0.2) is 24.7 Å². The lowest BCUT2D eigenvalue weighted by atomic mass is 10.1. The molecule has 1 rings (SSSR count). The van der Waals surface area contributed by atoms with Gasteiger partial charge in [-0.05, 0) is 24.1 Å². The van der Waals surface area contributed by atoms with Gasteiger partial charge in [0.2, 0.25) is 0 Å². The number of allylic oxidation sites excluding steroid dienone is 1. The monoisotopic (exact) mass is 293 g/mol. The van der Waals surface area contributed by atoms with E-state index in [0.717, 1.165) is 5.56 Å². The van der Waals surface area contributed by atoms with Crippen molar-refractivity contribution in [2.75, 3.05) is 27.4 Å². The number of rotatable bonds is 8. The molecule has 0 spiro atoms. The largest absolute Gasteiger partial charge is 0.493 e. The first kappa shape index (κ1) is 16.6. The van der Waals surface area contributed by atoms with Gasteiger partial charge >= 0.3 is 5.97 Å². The van der Waals surface area contributed by atoms with Crippen LogP contribution in [0.1, 0.15) is 5.56 Å². The molecular weight excluding hydrogens is 274 g/mol. The van der Waals surface area contributed by atoms with Crippen molar-refractivity contribution in [3.8, 4) is 11.5 Å². The Morgan fingerprint density at radius 3 is 2.67 bits per heavy atom. The van der Waals surface area contributed by atoms with Gasteiger partial charge in [-0.3, -0.25) is 4.79 Å². The number of likely N-dealkylation sites (N-methyl/N-ethyl adjacent to an activating group) is 1. The topological polar surface area (TPSA) is 73.9 Å². The van der Waals surface area contributed by atoms with Gasteiger partial charge in [0, 0.05) is 7.05 Å². The Morgan fingerprint density at radius 1 is 1.29 bits per heavy atom. The van der Waals surface area contributed by atoms with Crippen LogP contribution in [0.4, 0.5) is 0 Å². The molecule has 1 amide bonds. The third-order valence-corrected chi connectivity index (χ3v) is 2.60. The van der Waals surface area contributed by atoms with Crippen LogP contribution in [0.25, 0.3) is 0 Å². The maximum Gasteiger partial charge on any atom is 0.344 e. The highest BCUT2D eigenvalue weighted by molar-refractivity contribution is 5.80. The number of methoxy groups -OCH3 is 1. The molecule has 0 unspecified atom stereocenters. The first-order chi connectivity index (χ1) is 10.1. The summed E-state index contributed by atoms with van der Waals surface area (Å²) in [6.45, 7) is 3.05. The predicted molar refractivity (Wildman–Crippen MR) is 77.4 cm³/mol. The second-order valence-electron chi connectivity index (χ2n) is 4.10. The Kier molecular flexibility index (Phi) is 6.80. The highest BCUT2D eigenvalue weighted by Gasteiger charge is 2.10. The van der Waals surface area contributed by atoms with Crippen LogP contribution < -0.4 is 14.8 Å². The zero-order valence-electron chi connectivity index (χ0n) is 12.2. The minimum absolute atomic E-state index is 0.297. The number of benzene rings is 1. The molecule has 1 N–H and O–H groups in total. The Labute approximate surface area is 123 Å². The molecule has 0 aliphatic carbocycles. The van der Waals surface area contributed by atoms with Crippen LogP contribution in [0, 0.1) is 0 Å². The highest BCUT2D eigenvalue weighted by Crippen LogP contribution is 2.28. The number of hydrogen-bond donors (Lipinski definition) is 1. The van der Waals surface area contributed by atoms with Crippen LogP contribution in [0.5, 0.6) is 11.5 Å². The molecule has 0 aromatic heterocycles. The summed E-state index contributed by atoms with van der Waals surface area (Å²) in [6.07, 6.45) is 2.50. The number of hydrogen-bond acceptors (Lipinski definition) is 5. The minimum atomic E-state index is -0.629. The maximum absolute atomic E-state index is 11.4. The van der Waals surface area contributed by atoms with E-state index in [1.165, 1.54) is 14.2 Å². The van der Waals surface area contributed by atoms with Crippen LogP contribution in [0.15, 0.2) is 30.9 Å². The molecule has 6 nitrogen and oxygen atoms in total. The Hall–Kier alpha value is -2.50. The molecule has 0 fully saturated rings. The molecule has 1 aromatic rings. The lowest BCUT2D eigenvalue weighted by Gasteiger charge is -2.11. The highest BCUT2D eigenvalue weighted by atomic mass is 16.6. The summed E-state index contributed by atoms with van der Waals surface area (Å²) in [4.78, 5) is 22.4. The van der Waals surface area contributed by atoms with Crippen molar-refractivity contribution in [1.29, 1.82) is 0 Å². The number of esters is 1. The molecule has 0 heterocycles. The molecule has 114 valence electrons. The average molecular weight is 293 g/mol. The Bertz CT molecular complexity index is 513. The average Bonchev–Trinajstić information content (AvgIpc) is 2.51. The summed E-state index contributed by atoms with van der Waals surface area (Å²) in [5.74, 6) is -0.0545. The second kappa shape index (κ2) is 8.63. The summed E-state index contributed by atoms with van der Waals surface area (Å²) in [5.41, 5.74) is 1.02. The number of amides is 1. The van der Waals surface area contributed by atoms with E-state index in [1.54, 1.807) is 12.1 Å². The Morgan fingerprint density at radius 2 is 2.05 bits per heavy atom. The Balaban J connectivity index is 2.56. The van der Waals surface area contributed by atoms with Crippen LogP contribution >= 0.6 is 0 Å². The van der Waals surface area contributed by atoms with E-state index in [9.17, 15) is 9.59 Å². The van der Waals surface area contributed by atoms with Gasteiger partial charge in [0.05, 0.1) is 7.11 Å². The normalized spacial score (nSPS) is 9.62. The lowest BCUT2D eigenvalue weighted by molar-refractivity contribution is -0.150. The molecule has 21 heavy (non-hydrogen) atoms. The summed E-state index contributed by atoms with van der Waals surface area (Å²) in [7, 11) is 2.98. The number of ether oxygens (including phenoxy) is 3. The fourth-order valence-electron chi connectivity index (χ4n) is 1.52. The van der Waals surface area contributed by atoms with Crippen molar-refractivity contribution in [3.05, 3.63) is 36.4 Å². The summed E-state index contributed by atoms with van der Waals surface area (Å²) in [6, 6.07) is 5.38. The van der Waals surface area contributed by atoms with Crippen LogP contribution in [0.2, 0.25) is 0 Å². The van der Waals surface area contributed by atoms with E-state index < -0.39 is 5.97 Å². The molecule has 0 radical (unpaired) electrons. The smallest absolute Gasteiger partial charge is 0.344 e. The van der Waals surface area contributed by atoms with Crippen molar-refractivity contribution in [3.63, 3.8) is 0 Å². The predicted octanol–water partition coefficient (Wildman–Crippen LogP) is 1.09. The van der Waals surface area contributed by atoms with E-state index in [2.05, 4.69) is 11.9 Å². The number of carbonyl (C=O) groups is 2. The molecule has 6 heteroatoms. The molecule has 0 atom stereocenters. The van der Waals surface area contributed by atoms with E-state index in [-0.39, 0.29) is 19.1 Å². The van der Waals surface area contributed by atoms with E-state index in [0.29, 0.717) is 17.9 Å². The molecule has 0 saturated carbocycles. The number of carbonyl (C=O) groups excluding carboxylic acids is 2. The lowest BCUT2D eigenvalue weighted by Crippen LogP contribution is -2.26. The molecule has 1 aromatic carbocycles. The maximum atomic E-state index is 11.4. The van der Waals surface area contributed by atoms with Gasteiger partial charge < -0.3 is 19.5 Å². The molecule has 0 aliphatic heterocycles.